The number of nitrogens with zero attached hydrogens (tertiary/aromatic N) is 4. The molecule has 0 saturated heterocycles. The van der Waals surface area contributed by atoms with Gasteiger partial charge in [-0.25, -0.2) is 14.8 Å². The van der Waals surface area contributed by atoms with Crippen molar-refractivity contribution in [2.45, 2.75) is 13.0 Å². The molecule has 7 heteroatoms. The molecule has 18 heavy (non-hydrogen) atoms. The number of rotatable bonds is 4. The molecule has 94 valence electrons. The summed E-state index contributed by atoms with van der Waals surface area (Å²) in [7, 11) is 1.73. The van der Waals surface area contributed by atoms with Crippen molar-refractivity contribution in [3.05, 3.63) is 35.9 Å². The zero-order chi connectivity index (χ0) is 13.1. The molecule has 2 aromatic rings. The van der Waals surface area contributed by atoms with Crippen molar-refractivity contribution < 1.29 is 9.90 Å². The number of carboxylic acid groups (broad SMARTS) is 1. The van der Waals surface area contributed by atoms with Crippen LogP contribution >= 0.6 is 0 Å². The second-order valence-corrected chi connectivity index (χ2v) is 3.95. The Bertz CT molecular complexity index is 549. The van der Waals surface area contributed by atoms with E-state index in [0.717, 1.165) is 5.56 Å². The van der Waals surface area contributed by atoms with Crippen molar-refractivity contribution in [3.63, 3.8) is 0 Å². The van der Waals surface area contributed by atoms with Gasteiger partial charge in [-0.1, -0.05) is 0 Å². The second-order valence-electron chi connectivity index (χ2n) is 3.95. The minimum Gasteiger partial charge on any atom is -0.479 e. The van der Waals surface area contributed by atoms with E-state index in [1.807, 2.05) is 6.92 Å². The van der Waals surface area contributed by atoms with E-state index in [4.69, 9.17) is 0 Å². The number of aliphatic carboxylic acids is 1. The third kappa shape index (κ3) is 2.62. The highest BCUT2D eigenvalue weighted by molar-refractivity contribution is 5.78. The highest BCUT2D eigenvalue weighted by Gasteiger charge is 2.21. The summed E-state index contributed by atoms with van der Waals surface area (Å²) in [6.45, 7) is 1.86. The quantitative estimate of drug-likeness (QED) is 0.828. The average Bonchev–Trinajstić information content (AvgIpc) is 2.74. The minimum atomic E-state index is -1.01. The summed E-state index contributed by atoms with van der Waals surface area (Å²) in [5, 5.41) is 15.9. The third-order valence-electron chi connectivity index (χ3n) is 2.36. The largest absolute Gasteiger partial charge is 0.479 e. The molecular weight excluding hydrogens is 234 g/mol. The van der Waals surface area contributed by atoms with Gasteiger partial charge in [0.25, 0.3) is 0 Å². The van der Waals surface area contributed by atoms with Crippen LogP contribution in [0.3, 0.4) is 0 Å². The van der Waals surface area contributed by atoms with Crippen LogP contribution in [0, 0.1) is 6.92 Å². The van der Waals surface area contributed by atoms with Crippen LogP contribution in [0.4, 0.5) is 5.95 Å². The lowest BCUT2D eigenvalue weighted by Gasteiger charge is -2.12. The summed E-state index contributed by atoms with van der Waals surface area (Å²) in [6, 6.07) is -0.915. The normalized spacial score (nSPS) is 12.1. The number of carbonyl (C=O) groups is 1. The van der Waals surface area contributed by atoms with Crippen LogP contribution in [0.5, 0.6) is 0 Å². The molecule has 2 aromatic heterocycles. The number of hydrogen-bond donors (Lipinski definition) is 2. The highest BCUT2D eigenvalue weighted by Crippen LogP contribution is 2.16. The van der Waals surface area contributed by atoms with Crippen LogP contribution in [0.15, 0.2) is 24.8 Å². The van der Waals surface area contributed by atoms with Crippen LogP contribution in [-0.2, 0) is 11.8 Å². The fraction of sp³-hybridized carbons (Fsp3) is 0.273. The molecule has 2 rings (SSSR count). The van der Waals surface area contributed by atoms with Crippen molar-refractivity contribution >= 4 is 11.9 Å². The van der Waals surface area contributed by atoms with Crippen molar-refractivity contribution in [1.82, 2.24) is 19.7 Å². The van der Waals surface area contributed by atoms with Gasteiger partial charge in [0.2, 0.25) is 5.95 Å². The molecule has 0 radical (unpaired) electrons. The zero-order valence-corrected chi connectivity index (χ0v) is 10.0. The van der Waals surface area contributed by atoms with Gasteiger partial charge in [-0.05, 0) is 12.5 Å². The van der Waals surface area contributed by atoms with E-state index >= 15 is 0 Å². The summed E-state index contributed by atoms with van der Waals surface area (Å²) in [5.74, 6) is -0.732. The molecule has 7 nitrogen and oxygen atoms in total. The lowest BCUT2D eigenvalue weighted by atomic mass is 10.1. The second kappa shape index (κ2) is 4.82. The Morgan fingerprint density at radius 1 is 1.39 bits per heavy atom. The Kier molecular flexibility index (Phi) is 3.22. The molecule has 2 heterocycles. The molecule has 0 fully saturated rings. The highest BCUT2D eigenvalue weighted by atomic mass is 16.4. The summed E-state index contributed by atoms with van der Waals surface area (Å²) in [4.78, 5) is 19.3. The van der Waals surface area contributed by atoms with E-state index in [1.54, 1.807) is 30.3 Å². The lowest BCUT2D eigenvalue weighted by Crippen LogP contribution is -2.21. The molecule has 0 aliphatic heterocycles. The SMILES string of the molecule is Cc1cnc(NC(C(=O)O)c2cnn(C)c2)nc1. The van der Waals surface area contributed by atoms with Gasteiger partial charge in [0.05, 0.1) is 6.20 Å². The van der Waals surface area contributed by atoms with Crippen LogP contribution in [0.25, 0.3) is 0 Å². The van der Waals surface area contributed by atoms with E-state index < -0.39 is 12.0 Å². The van der Waals surface area contributed by atoms with Crippen LogP contribution < -0.4 is 5.32 Å². The van der Waals surface area contributed by atoms with Crippen molar-refractivity contribution in [2.24, 2.45) is 7.05 Å². The van der Waals surface area contributed by atoms with E-state index in [0.29, 0.717) is 5.56 Å². The number of anilines is 1. The summed E-state index contributed by atoms with van der Waals surface area (Å²) < 4.78 is 1.54. The fourth-order valence-corrected chi connectivity index (χ4v) is 1.47. The summed E-state index contributed by atoms with van der Waals surface area (Å²) in [5.41, 5.74) is 1.46. The maximum absolute atomic E-state index is 11.2. The minimum absolute atomic E-state index is 0.275. The van der Waals surface area contributed by atoms with E-state index in [-0.39, 0.29) is 5.95 Å². The molecule has 2 N–H and O–H groups in total. The molecule has 0 aliphatic rings. The molecular formula is C11H13N5O2. The average molecular weight is 247 g/mol. The summed E-state index contributed by atoms with van der Waals surface area (Å²) in [6.07, 6.45) is 6.38. The van der Waals surface area contributed by atoms with Gasteiger partial charge in [-0.2, -0.15) is 5.10 Å². The van der Waals surface area contributed by atoms with Gasteiger partial charge in [0.1, 0.15) is 0 Å². The molecule has 0 amide bonds. The van der Waals surface area contributed by atoms with Gasteiger partial charge in [-0.3, -0.25) is 4.68 Å². The van der Waals surface area contributed by atoms with Crippen LogP contribution in [-0.4, -0.2) is 30.8 Å². The standard InChI is InChI=1S/C11H13N5O2/c1-7-3-12-11(13-4-7)15-9(10(17)18)8-5-14-16(2)6-8/h3-6,9H,1-2H3,(H,17,18)(H,12,13,15). The Morgan fingerprint density at radius 3 is 2.56 bits per heavy atom. The molecule has 0 aliphatic carbocycles. The maximum Gasteiger partial charge on any atom is 0.331 e. The van der Waals surface area contributed by atoms with Gasteiger partial charge in [0, 0.05) is 31.2 Å². The smallest absolute Gasteiger partial charge is 0.331 e. The number of aromatic nitrogens is 4. The lowest BCUT2D eigenvalue weighted by molar-refractivity contribution is -0.138. The molecule has 0 spiro atoms. The van der Waals surface area contributed by atoms with E-state index in [9.17, 15) is 9.90 Å². The van der Waals surface area contributed by atoms with Crippen molar-refractivity contribution in [1.29, 1.82) is 0 Å². The number of nitrogens with one attached hydrogen (secondary N) is 1. The van der Waals surface area contributed by atoms with Gasteiger partial charge < -0.3 is 10.4 Å². The maximum atomic E-state index is 11.2. The molecule has 0 bridgehead atoms. The summed E-state index contributed by atoms with van der Waals surface area (Å²) >= 11 is 0. The Balaban J connectivity index is 2.22. The van der Waals surface area contributed by atoms with Crippen molar-refractivity contribution in [2.75, 3.05) is 5.32 Å². The van der Waals surface area contributed by atoms with Crippen molar-refractivity contribution in [3.8, 4) is 0 Å². The zero-order valence-electron chi connectivity index (χ0n) is 10.0. The number of aryl methyl sites for hydroxylation is 2. The first-order valence-electron chi connectivity index (χ1n) is 5.33. The molecule has 0 aromatic carbocycles. The first-order chi connectivity index (χ1) is 8.56. The van der Waals surface area contributed by atoms with Gasteiger partial charge in [-0.15, -0.1) is 0 Å². The van der Waals surface area contributed by atoms with E-state index in [2.05, 4.69) is 20.4 Å². The molecule has 0 saturated carbocycles. The predicted molar refractivity (Wildman–Crippen MR) is 64.0 cm³/mol. The van der Waals surface area contributed by atoms with Gasteiger partial charge in [0.15, 0.2) is 6.04 Å². The first-order valence-corrected chi connectivity index (χ1v) is 5.33. The predicted octanol–water partition coefficient (Wildman–Crippen LogP) is 0.756. The fourth-order valence-electron chi connectivity index (χ4n) is 1.47. The third-order valence-corrected chi connectivity index (χ3v) is 2.36. The topological polar surface area (TPSA) is 92.9 Å². The Hall–Kier alpha value is -2.44. The van der Waals surface area contributed by atoms with Crippen LogP contribution in [0.2, 0.25) is 0 Å². The van der Waals surface area contributed by atoms with Crippen LogP contribution in [0.1, 0.15) is 17.2 Å². The van der Waals surface area contributed by atoms with E-state index in [1.165, 1.54) is 6.20 Å². The first kappa shape index (κ1) is 12.0. The number of hydrogen-bond acceptors (Lipinski definition) is 5. The number of carboxylic acids is 1. The molecule has 1 atom stereocenters. The monoisotopic (exact) mass is 247 g/mol. The molecule has 1 unspecified atom stereocenters. The Morgan fingerprint density at radius 2 is 2.06 bits per heavy atom. The van der Waals surface area contributed by atoms with Gasteiger partial charge >= 0.3 is 5.97 Å². The Labute approximate surface area is 104 Å².